The van der Waals surface area contributed by atoms with Crippen LogP contribution in [-0.2, 0) is 11.2 Å². The molecule has 0 bridgehead atoms. The van der Waals surface area contributed by atoms with Gasteiger partial charge in [0.15, 0.2) is 0 Å². The molecule has 2 atom stereocenters. The number of ether oxygens (including phenoxy) is 1. The van der Waals surface area contributed by atoms with Gasteiger partial charge >= 0.3 is 0 Å². The summed E-state index contributed by atoms with van der Waals surface area (Å²) in [7, 11) is 0. The minimum absolute atomic E-state index is 0.0229. The molecule has 1 aromatic carbocycles. The van der Waals surface area contributed by atoms with Crippen LogP contribution >= 0.6 is 0 Å². The van der Waals surface area contributed by atoms with E-state index in [9.17, 15) is 9.90 Å². The zero-order chi connectivity index (χ0) is 14.0. The van der Waals surface area contributed by atoms with Gasteiger partial charge in [0.2, 0.25) is 5.91 Å². The number of amides is 1. The lowest BCUT2D eigenvalue weighted by atomic mass is 9.92. The molecule has 1 amide bonds. The Balaban J connectivity index is 2.47. The third-order valence-electron chi connectivity index (χ3n) is 3.49. The highest BCUT2D eigenvalue weighted by Crippen LogP contribution is 2.37. The smallest absolute Gasteiger partial charge is 0.217 e. The first-order valence-electron chi connectivity index (χ1n) is 6.77. The number of aliphatic hydroxyl groups is 1. The largest absolute Gasteiger partial charge is 0.493 e. The molecule has 2 unspecified atom stereocenters. The van der Waals surface area contributed by atoms with Crippen molar-refractivity contribution in [2.75, 3.05) is 6.61 Å². The van der Waals surface area contributed by atoms with Crippen molar-refractivity contribution in [3.63, 3.8) is 0 Å². The molecule has 19 heavy (non-hydrogen) atoms. The molecule has 1 aliphatic heterocycles. The monoisotopic (exact) mass is 263 g/mol. The molecule has 1 aromatic rings. The highest BCUT2D eigenvalue weighted by molar-refractivity contribution is 5.73. The Morgan fingerprint density at radius 1 is 1.58 bits per heavy atom. The molecular formula is C15H21NO3. The first-order chi connectivity index (χ1) is 9.02. The van der Waals surface area contributed by atoms with Gasteiger partial charge in [0, 0.05) is 18.9 Å². The van der Waals surface area contributed by atoms with E-state index in [4.69, 9.17) is 4.74 Å². The van der Waals surface area contributed by atoms with Crippen LogP contribution in [0.25, 0.3) is 0 Å². The molecule has 4 heteroatoms. The Kier molecular flexibility index (Phi) is 4.10. The summed E-state index contributed by atoms with van der Waals surface area (Å²) >= 11 is 0. The Hall–Kier alpha value is -1.55. The van der Waals surface area contributed by atoms with Crippen molar-refractivity contribution < 1.29 is 14.6 Å². The van der Waals surface area contributed by atoms with E-state index in [1.165, 1.54) is 6.92 Å². The Bertz CT molecular complexity index is 483. The molecule has 2 rings (SSSR count). The number of fused-ring (bicyclic) bond motifs is 1. The summed E-state index contributed by atoms with van der Waals surface area (Å²) in [6.45, 7) is 5.94. The lowest BCUT2D eigenvalue weighted by molar-refractivity contribution is -0.119. The average Bonchev–Trinajstić information content (AvgIpc) is 2.37. The number of carbonyl (C=O) groups excluding carboxylic acids is 1. The summed E-state index contributed by atoms with van der Waals surface area (Å²) in [5.41, 5.74) is 2.94. The SMILES string of the molecule is CCc1cc(C(C)O)cc2c1OCCC2NC(C)=O. The number of benzene rings is 1. The van der Waals surface area contributed by atoms with Gasteiger partial charge in [-0.25, -0.2) is 0 Å². The van der Waals surface area contributed by atoms with Crippen LogP contribution in [0.15, 0.2) is 12.1 Å². The van der Waals surface area contributed by atoms with Crippen molar-refractivity contribution in [2.24, 2.45) is 0 Å². The first-order valence-corrected chi connectivity index (χ1v) is 6.77. The predicted molar refractivity (Wildman–Crippen MR) is 73.1 cm³/mol. The summed E-state index contributed by atoms with van der Waals surface area (Å²) in [6, 6.07) is 3.91. The summed E-state index contributed by atoms with van der Waals surface area (Å²) in [5.74, 6) is 0.829. The molecule has 0 aromatic heterocycles. The van der Waals surface area contributed by atoms with Gasteiger partial charge in [-0.2, -0.15) is 0 Å². The minimum atomic E-state index is -0.518. The molecule has 1 heterocycles. The number of nitrogens with one attached hydrogen (secondary N) is 1. The molecule has 0 saturated heterocycles. The number of hydrogen-bond acceptors (Lipinski definition) is 3. The maximum Gasteiger partial charge on any atom is 0.217 e. The van der Waals surface area contributed by atoms with Crippen LogP contribution in [0, 0.1) is 0 Å². The molecule has 1 aliphatic rings. The normalized spacial score (nSPS) is 19.3. The fraction of sp³-hybridized carbons (Fsp3) is 0.533. The molecule has 104 valence electrons. The molecule has 4 nitrogen and oxygen atoms in total. The third-order valence-corrected chi connectivity index (χ3v) is 3.49. The van der Waals surface area contributed by atoms with Crippen LogP contribution in [0.1, 0.15) is 56.0 Å². The van der Waals surface area contributed by atoms with Gasteiger partial charge < -0.3 is 15.2 Å². The third kappa shape index (κ3) is 2.89. The molecule has 0 spiro atoms. The zero-order valence-corrected chi connectivity index (χ0v) is 11.7. The summed E-state index contributed by atoms with van der Waals surface area (Å²) in [6.07, 6.45) is 1.09. The van der Waals surface area contributed by atoms with E-state index >= 15 is 0 Å². The average molecular weight is 263 g/mol. The Labute approximate surface area is 113 Å². The highest BCUT2D eigenvalue weighted by Gasteiger charge is 2.25. The fourth-order valence-corrected chi connectivity index (χ4v) is 2.51. The first kappa shape index (κ1) is 13.9. The van der Waals surface area contributed by atoms with E-state index in [1.54, 1.807) is 6.92 Å². The van der Waals surface area contributed by atoms with Gasteiger partial charge in [0.25, 0.3) is 0 Å². The lowest BCUT2D eigenvalue weighted by Gasteiger charge is -2.29. The minimum Gasteiger partial charge on any atom is -0.493 e. The molecule has 2 N–H and O–H groups in total. The van der Waals surface area contributed by atoms with Crippen molar-refractivity contribution in [3.05, 3.63) is 28.8 Å². The second-order valence-corrected chi connectivity index (χ2v) is 5.02. The van der Waals surface area contributed by atoms with E-state index in [0.717, 1.165) is 35.3 Å². The van der Waals surface area contributed by atoms with Crippen molar-refractivity contribution in [1.29, 1.82) is 0 Å². The van der Waals surface area contributed by atoms with Crippen LogP contribution < -0.4 is 10.1 Å². The predicted octanol–water partition coefficient (Wildman–Crippen LogP) is 2.26. The van der Waals surface area contributed by atoms with Gasteiger partial charge in [-0.15, -0.1) is 0 Å². The van der Waals surface area contributed by atoms with Crippen LogP contribution in [0.5, 0.6) is 5.75 Å². The van der Waals surface area contributed by atoms with Gasteiger partial charge in [0.05, 0.1) is 18.8 Å². The van der Waals surface area contributed by atoms with Gasteiger partial charge in [0.1, 0.15) is 5.75 Å². The number of aliphatic hydroxyl groups excluding tert-OH is 1. The molecule has 0 aliphatic carbocycles. The van der Waals surface area contributed by atoms with E-state index in [0.29, 0.717) is 6.61 Å². The standard InChI is InChI=1S/C15H21NO3/c1-4-11-7-12(9(2)17)8-13-14(16-10(3)18)5-6-19-15(11)13/h7-9,14,17H,4-6H2,1-3H3,(H,16,18). The number of hydrogen-bond donors (Lipinski definition) is 2. The summed E-state index contributed by atoms with van der Waals surface area (Å²) in [4.78, 5) is 11.3. The number of carbonyl (C=O) groups is 1. The van der Waals surface area contributed by atoms with Crippen LogP contribution in [0.3, 0.4) is 0 Å². The number of aryl methyl sites for hydroxylation is 1. The van der Waals surface area contributed by atoms with E-state index in [-0.39, 0.29) is 11.9 Å². The quantitative estimate of drug-likeness (QED) is 0.879. The van der Waals surface area contributed by atoms with Crippen molar-refractivity contribution in [1.82, 2.24) is 5.32 Å². The van der Waals surface area contributed by atoms with Gasteiger partial charge in [-0.05, 0) is 36.6 Å². The summed E-state index contributed by atoms with van der Waals surface area (Å²) in [5, 5.41) is 12.7. The molecule has 0 saturated carbocycles. The topological polar surface area (TPSA) is 58.6 Å². The number of rotatable bonds is 3. The van der Waals surface area contributed by atoms with E-state index in [1.807, 2.05) is 12.1 Å². The van der Waals surface area contributed by atoms with Crippen molar-refractivity contribution >= 4 is 5.91 Å². The maximum absolute atomic E-state index is 11.3. The van der Waals surface area contributed by atoms with Crippen LogP contribution in [-0.4, -0.2) is 17.6 Å². The van der Waals surface area contributed by atoms with Crippen LogP contribution in [0.2, 0.25) is 0 Å². The Morgan fingerprint density at radius 2 is 2.32 bits per heavy atom. The molecule has 0 radical (unpaired) electrons. The van der Waals surface area contributed by atoms with Crippen molar-refractivity contribution in [2.45, 2.75) is 45.8 Å². The van der Waals surface area contributed by atoms with Crippen LogP contribution in [0.4, 0.5) is 0 Å². The van der Waals surface area contributed by atoms with Crippen molar-refractivity contribution in [3.8, 4) is 5.75 Å². The van der Waals surface area contributed by atoms with Gasteiger partial charge in [-0.1, -0.05) is 6.92 Å². The molecule has 0 fully saturated rings. The lowest BCUT2D eigenvalue weighted by Crippen LogP contribution is -2.31. The van der Waals surface area contributed by atoms with Gasteiger partial charge in [-0.3, -0.25) is 4.79 Å². The maximum atomic E-state index is 11.3. The van der Waals surface area contributed by atoms with E-state index < -0.39 is 6.10 Å². The second-order valence-electron chi connectivity index (χ2n) is 5.02. The summed E-state index contributed by atoms with van der Waals surface area (Å²) < 4.78 is 5.76. The Morgan fingerprint density at radius 3 is 2.89 bits per heavy atom. The fourth-order valence-electron chi connectivity index (χ4n) is 2.51. The van der Waals surface area contributed by atoms with E-state index in [2.05, 4.69) is 12.2 Å². The molecular weight excluding hydrogens is 242 g/mol. The zero-order valence-electron chi connectivity index (χ0n) is 11.7. The second kappa shape index (κ2) is 5.61. The highest BCUT2D eigenvalue weighted by atomic mass is 16.5.